The van der Waals surface area contributed by atoms with Crippen LogP contribution in [0.1, 0.15) is 71.9 Å². The standard InChI is InChI=1S/C29H37N3O4/c1-5-21(4)30-26(33)25-19-36-29(32(25)28(35)24-9-7-8-20(3)18-24)14-16-31(17-15-29)27(34)23-12-10-22(6-2)11-13-23/h7-13,18,21,25H,5-6,14-17,19H2,1-4H3,(H,30,33). The quantitative estimate of drug-likeness (QED) is 0.664. The van der Waals surface area contributed by atoms with E-state index in [2.05, 4.69) is 12.2 Å². The Morgan fingerprint density at radius 2 is 1.72 bits per heavy atom. The molecule has 0 radical (unpaired) electrons. The summed E-state index contributed by atoms with van der Waals surface area (Å²) in [5, 5.41) is 3.02. The van der Waals surface area contributed by atoms with Crippen LogP contribution in [0.15, 0.2) is 48.5 Å². The maximum absolute atomic E-state index is 13.8. The zero-order valence-electron chi connectivity index (χ0n) is 21.8. The minimum Gasteiger partial charge on any atom is -0.353 e. The molecular formula is C29H37N3O4. The average molecular weight is 492 g/mol. The van der Waals surface area contributed by atoms with E-state index >= 15 is 0 Å². The third-order valence-electron chi connectivity index (χ3n) is 7.49. The van der Waals surface area contributed by atoms with E-state index in [9.17, 15) is 14.4 Å². The molecule has 192 valence electrons. The summed E-state index contributed by atoms with van der Waals surface area (Å²) in [4.78, 5) is 43.7. The Morgan fingerprint density at radius 1 is 1.03 bits per heavy atom. The highest BCUT2D eigenvalue weighted by molar-refractivity contribution is 5.99. The van der Waals surface area contributed by atoms with Crippen LogP contribution in [-0.4, -0.2) is 65.0 Å². The third-order valence-corrected chi connectivity index (χ3v) is 7.49. The lowest BCUT2D eigenvalue weighted by Crippen LogP contribution is -2.60. The molecule has 0 aromatic heterocycles. The van der Waals surface area contributed by atoms with Crippen molar-refractivity contribution < 1.29 is 19.1 Å². The lowest BCUT2D eigenvalue weighted by molar-refractivity contribution is -0.128. The predicted octanol–water partition coefficient (Wildman–Crippen LogP) is 3.95. The zero-order valence-corrected chi connectivity index (χ0v) is 21.8. The lowest BCUT2D eigenvalue weighted by Gasteiger charge is -2.44. The van der Waals surface area contributed by atoms with Crippen molar-refractivity contribution in [2.45, 2.75) is 71.2 Å². The lowest BCUT2D eigenvalue weighted by atomic mass is 9.95. The van der Waals surface area contributed by atoms with E-state index < -0.39 is 11.8 Å². The molecule has 2 aliphatic rings. The highest BCUT2D eigenvalue weighted by Gasteiger charge is 2.54. The molecule has 7 heteroatoms. The number of carbonyl (C=O) groups is 3. The van der Waals surface area contributed by atoms with Gasteiger partial charge in [-0.2, -0.15) is 0 Å². The molecule has 2 heterocycles. The average Bonchev–Trinajstić information content (AvgIpc) is 3.26. The number of carbonyl (C=O) groups excluding carboxylic acids is 3. The first kappa shape index (κ1) is 25.9. The molecule has 2 aromatic carbocycles. The first-order valence-corrected chi connectivity index (χ1v) is 13.0. The summed E-state index contributed by atoms with van der Waals surface area (Å²) in [7, 11) is 0. The Bertz CT molecular complexity index is 1110. The number of likely N-dealkylation sites (tertiary alicyclic amines) is 1. The second-order valence-electron chi connectivity index (χ2n) is 9.98. The minimum atomic E-state index is -0.916. The van der Waals surface area contributed by atoms with Gasteiger partial charge in [0.05, 0.1) is 6.61 Å². The van der Waals surface area contributed by atoms with Crippen LogP contribution in [-0.2, 0) is 16.0 Å². The molecule has 0 bridgehead atoms. The number of aryl methyl sites for hydroxylation is 2. The molecule has 2 aromatic rings. The van der Waals surface area contributed by atoms with Crippen LogP contribution in [0, 0.1) is 6.92 Å². The van der Waals surface area contributed by atoms with Crippen LogP contribution in [0.5, 0.6) is 0 Å². The van der Waals surface area contributed by atoms with Crippen molar-refractivity contribution in [2.24, 2.45) is 0 Å². The highest BCUT2D eigenvalue weighted by Crippen LogP contribution is 2.39. The van der Waals surface area contributed by atoms with Gasteiger partial charge in [0.15, 0.2) is 0 Å². The van der Waals surface area contributed by atoms with E-state index in [0.29, 0.717) is 37.1 Å². The smallest absolute Gasteiger partial charge is 0.256 e. The van der Waals surface area contributed by atoms with Crippen LogP contribution >= 0.6 is 0 Å². The molecule has 2 saturated heterocycles. The number of amides is 3. The fraction of sp³-hybridized carbons (Fsp3) is 0.483. The van der Waals surface area contributed by atoms with E-state index in [1.165, 1.54) is 5.56 Å². The molecule has 7 nitrogen and oxygen atoms in total. The molecule has 0 saturated carbocycles. The van der Waals surface area contributed by atoms with E-state index in [0.717, 1.165) is 18.4 Å². The number of piperidine rings is 1. The van der Waals surface area contributed by atoms with Crippen LogP contribution < -0.4 is 5.32 Å². The number of hydrogen-bond donors (Lipinski definition) is 1. The van der Waals surface area contributed by atoms with Gasteiger partial charge < -0.3 is 15.0 Å². The van der Waals surface area contributed by atoms with Crippen LogP contribution in [0.2, 0.25) is 0 Å². The van der Waals surface area contributed by atoms with Crippen LogP contribution in [0.3, 0.4) is 0 Å². The number of nitrogens with zero attached hydrogens (tertiary/aromatic N) is 2. The number of ether oxygens (including phenoxy) is 1. The van der Waals surface area contributed by atoms with E-state index in [-0.39, 0.29) is 30.4 Å². The largest absolute Gasteiger partial charge is 0.353 e. The summed E-state index contributed by atoms with van der Waals surface area (Å²) in [5.41, 5.74) is 2.45. The molecule has 2 atom stereocenters. The van der Waals surface area contributed by atoms with Gasteiger partial charge in [-0.3, -0.25) is 19.3 Å². The monoisotopic (exact) mass is 491 g/mol. The molecule has 36 heavy (non-hydrogen) atoms. The summed E-state index contributed by atoms with van der Waals surface area (Å²) >= 11 is 0. The molecule has 2 fully saturated rings. The normalized spacial score (nSPS) is 19.8. The van der Waals surface area contributed by atoms with Gasteiger partial charge in [0, 0.05) is 43.1 Å². The Kier molecular flexibility index (Phi) is 7.79. The van der Waals surface area contributed by atoms with E-state index in [1.807, 2.05) is 68.1 Å². The highest BCUT2D eigenvalue weighted by atomic mass is 16.5. The molecule has 2 aliphatic heterocycles. The van der Waals surface area contributed by atoms with Gasteiger partial charge in [-0.15, -0.1) is 0 Å². The summed E-state index contributed by atoms with van der Waals surface area (Å²) in [5.74, 6) is -0.430. The number of rotatable bonds is 6. The van der Waals surface area contributed by atoms with Crippen LogP contribution in [0.4, 0.5) is 0 Å². The van der Waals surface area contributed by atoms with Crippen molar-refractivity contribution in [3.05, 3.63) is 70.8 Å². The first-order valence-electron chi connectivity index (χ1n) is 13.0. The first-order chi connectivity index (χ1) is 17.3. The summed E-state index contributed by atoms with van der Waals surface area (Å²) in [6, 6.07) is 14.4. The molecule has 1 N–H and O–H groups in total. The fourth-order valence-electron chi connectivity index (χ4n) is 5.05. The Balaban J connectivity index is 1.56. The zero-order chi connectivity index (χ0) is 25.9. The molecule has 1 spiro atoms. The second kappa shape index (κ2) is 10.8. The van der Waals surface area contributed by atoms with Crippen molar-refractivity contribution in [3.63, 3.8) is 0 Å². The summed E-state index contributed by atoms with van der Waals surface area (Å²) in [6.45, 7) is 9.03. The molecule has 3 amide bonds. The maximum Gasteiger partial charge on any atom is 0.256 e. The molecule has 4 rings (SSSR count). The molecule has 2 unspecified atom stereocenters. The van der Waals surface area contributed by atoms with Crippen molar-refractivity contribution in [2.75, 3.05) is 19.7 Å². The van der Waals surface area contributed by atoms with E-state index in [4.69, 9.17) is 4.74 Å². The van der Waals surface area contributed by atoms with Crippen LogP contribution in [0.25, 0.3) is 0 Å². The van der Waals surface area contributed by atoms with Gasteiger partial charge in [0.1, 0.15) is 11.8 Å². The summed E-state index contributed by atoms with van der Waals surface area (Å²) in [6.07, 6.45) is 2.63. The molecule has 0 aliphatic carbocycles. The van der Waals surface area contributed by atoms with Gasteiger partial charge in [0.25, 0.3) is 11.8 Å². The summed E-state index contributed by atoms with van der Waals surface area (Å²) < 4.78 is 6.29. The number of hydrogen-bond acceptors (Lipinski definition) is 4. The second-order valence-corrected chi connectivity index (χ2v) is 9.98. The van der Waals surface area contributed by atoms with E-state index in [1.54, 1.807) is 11.0 Å². The van der Waals surface area contributed by atoms with Crippen molar-refractivity contribution in [1.29, 1.82) is 0 Å². The Hall–Kier alpha value is -3.19. The third kappa shape index (κ3) is 5.16. The van der Waals surface area contributed by atoms with Gasteiger partial charge >= 0.3 is 0 Å². The topological polar surface area (TPSA) is 79.0 Å². The van der Waals surface area contributed by atoms with Gasteiger partial charge in [-0.05, 0) is 56.5 Å². The minimum absolute atomic E-state index is 0.00328. The Labute approximate surface area is 213 Å². The predicted molar refractivity (Wildman–Crippen MR) is 139 cm³/mol. The van der Waals surface area contributed by atoms with Gasteiger partial charge in [0.2, 0.25) is 5.91 Å². The van der Waals surface area contributed by atoms with Crippen molar-refractivity contribution in [3.8, 4) is 0 Å². The number of benzene rings is 2. The maximum atomic E-state index is 13.8. The van der Waals surface area contributed by atoms with Gasteiger partial charge in [-0.25, -0.2) is 0 Å². The molecular weight excluding hydrogens is 454 g/mol. The fourth-order valence-corrected chi connectivity index (χ4v) is 5.05. The Morgan fingerprint density at radius 3 is 2.33 bits per heavy atom. The van der Waals surface area contributed by atoms with Gasteiger partial charge in [-0.1, -0.05) is 43.7 Å². The van der Waals surface area contributed by atoms with Crippen molar-refractivity contribution in [1.82, 2.24) is 15.1 Å². The SMILES string of the molecule is CCc1ccc(C(=O)N2CCC3(CC2)OCC(C(=O)NC(C)CC)N3C(=O)c2cccc(C)c2)cc1. The van der Waals surface area contributed by atoms with Crippen molar-refractivity contribution >= 4 is 17.7 Å². The number of nitrogens with one attached hydrogen (secondary N) is 1.